The maximum Gasteiger partial charge on any atom is 0.103 e. The van der Waals surface area contributed by atoms with Gasteiger partial charge in [0.05, 0.1) is 0 Å². The Morgan fingerprint density at radius 1 is 1.50 bits per heavy atom. The molecule has 0 heterocycles. The van der Waals surface area contributed by atoms with E-state index < -0.39 is 0 Å². The van der Waals surface area contributed by atoms with Crippen molar-refractivity contribution >= 4 is 5.84 Å². The van der Waals surface area contributed by atoms with E-state index in [0.29, 0.717) is 0 Å². The van der Waals surface area contributed by atoms with Gasteiger partial charge in [-0.05, 0) is 6.92 Å². The highest BCUT2D eigenvalue weighted by Gasteiger charge is 1.93. The molecule has 0 bridgehead atoms. The topological polar surface area (TPSA) is 15.6 Å². The lowest BCUT2D eigenvalue weighted by atomic mass is 10.4. The fourth-order valence-electron chi connectivity index (χ4n) is 0.684. The van der Waals surface area contributed by atoms with Crippen LogP contribution in [0.5, 0.6) is 0 Å². The Morgan fingerprint density at radius 2 is 2.10 bits per heavy atom. The molecule has 0 spiro atoms. The molecule has 0 N–H and O–H groups in total. The van der Waals surface area contributed by atoms with Crippen LogP contribution < -0.4 is 0 Å². The van der Waals surface area contributed by atoms with Crippen molar-refractivity contribution < 1.29 is 0 Å². The van der Waals surface area contributed by atoms with Gasteiger partial charge in [0.1, 0.15) is 5.84 Å². The number of allylic oxidation sites excluding steroid dienone is 1. The van der Waals surface area contributed by atoms with Gasteiger partial charge in [-0.2, -0.15) is 0 Å². The maximum absolute atomic E-state index is 4.22. The van der Waals surface area contributed by atoms with Gasteiger partial charge in [-0.25, -0.2) is 4.99 Å². The van der Waals surface area contributed by atoms with E-state index in [0.717, 1.165) is 12.3 Å². The number of nitrogens with zero attached hydrogens (tertiary/aromatic N) is 2. The van der Waals surface area contributed by atoms with Crippen LogP contribution in [0.3, 0.4) is 0 Å². The monoisotopic (exact) mass is 140 g/mol. The van der Waals surface area contributed by atoms with Crippen LogP contribution in [0.4, 0.5) is 0 Å². The van der Waals surface area contributed by atoms with E-state index in [9.17, 15) is 0 Å². The van der Waals surface area contributed by atoms with Gasteiger partial charge in [0, 0.05) is 26.7 Å². The first kappa shape index (κ1) is 9.21. The Bertz CT molecular complexity index is 134. The highest BCUT2D eigenvalue weighted by molar-refractivity contribution is 5.81. The van der Waals surface area contributed by atoms with Crippen molar-refractivity contribution in [3.05, 3.63) is 12.3 Å². The predicted octanol–water partition coefficient (Wildman–Crippen LogP) is 1.89. The van der Waals surface area contributed by atoms with E-state index in [-0.39, 0.29) is 0 Å². The van der Waals surface area contributed by atoms with Gasteiger partial charge in [0.2, 0.25) is 0 Å². The average Bonchev–Trinajstić information content (AvgIpc) is 1.89. The summed E-state index contributed by atoms with van der Waals surface area (Å²) in [5.74, 6) is 1.11. The summed E-state index contributed by atoms with van der Waals surface area (Å²) < 4.78 is 0. The van der Waals surface area contributed by atoms with Crippen molar-refractivity contribution in [1.29, 1.82) is 0 Å². The maximum atomic E-state index is 4.22. The van der Waals surface area contributed by atoms with Crippen LogP contribution in [0, 0.1) is 0 Å². The Balaban J connectivity index is 4.04. The molecule has 2 heteroatoms. The van der Waals surface area contributed by atoms with Crippen molar-refractivity contribution in [2.75, 3.05) is 14.1 Å². The first-order chi connectivity index (χ1) is 4.72. The zero-order valence-electron chi connectivity index (χ0n) is 7.26. The molecule has 10 heavy (non-hydrogen) atoms. The van der Waals surface area contributed by atoms with Crippen molar-refractivity contribution in [3.63, 3.8) is 0 Å². The minimum atomic E-state index is 0.983. The molecule has 0 atom stereocenters. The molecule has 0 saturated heterocycles. The van der Waals surface area contributed by atoms with Crippen molar-refractivity contribution in [3.8, 4) is 0 Å². The molecule has 0 radical (unpaired) electrons. The summed E-state index contributed by atoms with van der Waals surface area (Å²) in [7, 11) is 4.01. The largest absolute Gasteiger partial charge is 0.366 e. The number of hydrogen-bond donors (Lipinski definition) is 0. The highest BCUT2D eigenvalue weighted by atomic mass is 15.1. The van der Waals surface area contributed by atoms with Gasteiger partial charge >= 0.3 is 0 Å². The second-order valence-corrected chi connectivity index (χ2v) is 2.28. The Hall–Kier alpha value is -0.790. The molecular weight excluding hydrogens is 124 g/mol. The Kier molecular flexibility index (Phi) is 4.63. The summed E-state index contributed by atoms with van der Waals surface area (Å²) in [5.41, 5.74) is 0. The van der Waals surface area contributed by atoms with E-state index in [2.05, 4.69) is 11.9 Å². The fraction of sp³-hybridized carbons (Fsp3) is 0.625. The van der Waals surface area contributed by atoms with Gasteiger partial charge in [0.15, 0.2) is 0 Å². The van der Waals surface area contributed by atoms with E-state index in [1.807, 2.05) is 38.2 Å². The molecule has 0 aromatic rings. The number of rotatable bonds is 2. The summed E-state index contributed by atoms with van der Waals surface area (Å²) in [4.78, 5) is 6.25. The third-order valence-corrected chi connectivity index (χ3v) is 1.21. The van der Waals surface area contributed by atoms with Gasteiger partial charge in [-0.15, -0.1) is 0 Å². The molecule has 0 aliphatic heterocycles. The van der Waals surface area contributed by atoms with E-state index in [4.69, 9.17) is 0 Å². The standard InChI is InChI=1S/C8H16N2/c1-5-7-9-8(6-2)10(3)4/h5,7H,6H2,1-4H3/b7-5-,9-8?. The minimum absolute atomic E-state index is 0.983. The second kappa shape index (κ2) is 5.03. The molecule has 0 unspecified atom stereocenters. The van der Waals surface area contributed by atoms with E-state index in [1.54, 1.807) is 0 Å². The smallest absolute Gasteiger partial charge is 0.103 e. The molecule has 0 aromatic carbocycles. The molecule has 0 aliphatic rings. The number of aliphatic imine (C=N–C) groups is 1. The van der Waals surface area contributed by atoms with Gasteiger partial charge in [-0.3, -0.25) is 0 Å². The van der Waals surface area contributed by atoms with E-state index in [1.165, 1.54) is 0 Å². The lowest BCUT2D eigenvalue weighted by Crippen LogP contribution is -2.20. The fourth-order valence-corrected chi connectivity index (χ4v) is 0.684. The summed E-state index contributed by atoms with van der Waals surface area (Å²) in [5, 5.41) is 0. The summed E-state index contributed by atoms with van der Waals surface area (Å²) in [6.07, 6.45) is 4.73. The van der Waals surface area contributed by atoms with Crippen molar-refractivity contribution in [2.45, 2.75) is 20.3 Å². The van der Waals surface area contributed by atoms with Gasteiger partial charge in [0.25, 0.3) is 0 Å². The first-order valence-corrected chi connectivity index (χ1v) is 3.57. The van der Waals surface area contributed by atoms with Crippen molar-refractivity contribution in [1.82, 2.24) is 4.90 Å². The quantitative estimate of drug-likeness (QED) is 0.422. The van der Waals surface area contributed by atoms with Crippen LogP contribution in [0.2, 0.25) is 0 Å². The van der Waals surface area contributed by atoms with Crippen molar-refractivity contribution in [2.24, 2.45) is 4.99 Å². The average molecular weight is 140 g/mol. The molecule has 58 valence electrons. The second-order valence-electron chi connectivity index (χ2n) is 2.28. The zero-order valence-corrected chi connectivity index (χ0v) is 7.26. The van der Waals surface area contributed by atoms with Crippen LogP contribution in [0.25, 0.3) is 0 Å². The third kappa shape index (κ3) is 3.28. The van der Waals surface area contributed by atoms with Crippen LogP contribution >= 0.6 is 0 Å². The molecule has 0 rings (SSSR count). The van der Waals surface area contributed by atoms with Gasteiger partial charge < -0.3 is 4.90 Å². The summed E-state index contributed by atoms with van der Waals surface area (Å²) in [6, 6.07) is 0. The SMILES string of the molecule is C/C=C\N=C(CC)N(C)C. The van der Waals surface area contributed by atoms with Crippen LogP contribution in [-0.2, 0) is 0 Å². The van der Waals surface area contributed by atoms with Gasteiger partial charge in [-0.1, -0.05) is 13.0 Å². The molecule has 0 fully saturated rings. The Labute approximate surface area is 63.3 Å². The highest BCUT2D eigenvalue weighted by Crippen LogP contribution is 1.90. The predicted molar refractivity (Wildman–Crippen MR) is 46.2 cm³/mol. The zero-order chi connectivity index (χ0) is 7.98. The molecule has 0 amide bonds. The molecular formula is C8H16N2. The summed E-state index contributed by atoms with van der Waals surface area (Å²) >= 11 is 0. The first-order valence-electron chi connectivity index (χ1n) is 3.57. The molecule has 0 saturated carbocycles. The Morgan fingerprint density at radius 3 is 2.40 bits per heavy atom. The number of amidine groups is 1. The van der Waals surface area contributed by atoms with Crippen LogP contribution in [0.1, 0.15) is 20.3 Å². The lowest BCUT2D eigenvalue weighted by molar-refractivity contribution is 0.607. The van der Waals surface area contributed by atoms with E-state index >= 15 is 0 Å². The number of hydrogen-bond acceptors (Lipinski definition) is 1. The molecule has 0 aliphatic carbocycles. The normalized spacial score (nSPS) is 12.6. The minimum Gasteiger partial charge on any atom is -0.366 e. The molecule has 2 nitrogen and oxygen atoms in total. The van der Waals surface area contributed by atoms with Crippen LogP contribution in [-0.4, -0.2) is 24.8 Å². The third-order valence-electron chi connectivity index (χ3n) is 1.21. The molecule has 0 aromatic heterocycles. The van der Waals surface area contributed by atoms with Crippen LogP contribution in [0.15, 0.2) is 17.3 Å². The summed E-state index contributed by atoms with van der Waals surface area (Å²) in [6.45, 7) is 4.06. The lowest BCUT2D eigenvalue weighted by Gasteiger charge is -2.12.